The Morgan fingerprint density at radius 3 is 2.31 bits per heavy atom. The summed E-state index contributed by atoms with van der Waals surface area (Å²) >= 11 is 0. The SMILES string of the molecule is CC.CC1CC2(C)OC(C)N(C)C2C(C)O1. The molecular formula is C13H27NO2. The number of likely N-dealkylation sites (N-methyl/N-ethyl adjacent to an activating group) is 1. The molecule has 0 aromatic carbocycles. The van der Waals surface area contributed by atoms with Gasteiger partial charge in [0, 0.05) is 6.42 Å². The smallest absolute Gasteiger partial charge is 0.108 e. The van der Waals surface area contributed by atoms with Crippen LogP contribution in [0, 0.1) is 0 Å². The van der Waals surface area contributed by atoms with Crippen LogP contribution in [0.25, 0.3) is 0 Å². The number of hydrogen-bond donors (Lipinski definition) is 0. The molecule has 0 aromatic heterocycles. The van der Waals surface area contributed by atoms with Crippen LogP contribution < -0.4 is 0 Å². The summed E-state index contributed by atoms with van der Waals surface area (Å²) in [5, 5.41) is 0. The van der Waals surface area contributed by atoms with Crippen molar-refractivity contribution < 1.29 is 9.47 Å². The molecule has 0 saturated carbocycles. The molecule has 5 atom stereocenters. The molecule has 2 saturated heterocycles. The van der Waals surface area contributed by atoms with Gasteiger partial charge in [-0.05, 0) is 34.7 Å². The number of nitrogens with zero attached hydrogens (tertiary/aromatic N) is 1. The monoisotopic (exact) mass is 229 g/mol. The Bertz CT molecular complexity index is 230. The van der Waals surface area contributed by atoms with E-state index in [-0.39, 0.29) is 17.9 Å². The molecule has 0 N–H and O–H groups in total. The molecule has 0 amide bonds. The fraction of sp³-hybridized carbons (Fsp3) is 1.00. The third kappa shape index (κ3) is 2.27. The van der Waals surface area contributed by atoms with Gasteiger partial charge in [-0.1, -0.05) is 13.8 Å². The van der Waals surface area contributed by atoms with Gasteiger partial charge in [-0.25, -0.2) is 0 Å². The molecule has 0 aromatic rings. The second kappa shape index (κ2) is 5.03. The van der Waals surface area contributed by atoms with Gasteiger partial charge in [0.2, 0.25) is 0 Å². The maximum atomic E-state index is 6.05. The van der Waals surface area contributed by atoms with Crippen LogP contribution >= 0.6 is 0 Å². The van der Waals surface area contributed by atoms with Gasteiger partial charge in [0.15, 0.2) is 0 Å². The molecule has 96 valence electrons. The van der Waals surface area contributed by atoms with Crippen LogP contribution in [0.1, 0.15) is 48.0 Å². The summed E-state index contributed by atoms with van der Waals surface area (Å²) in [7, 11) is 2.12. The summed E-state index contributed by atoms with van der Waals surface area (Å²) in [6.45, 7) is 12.6. The highest BCUT2D eigenvalue weighted by Gasteiger charge is 2.53. The van der Waals surface area contributed by atoms with Gasteiger partial charge < -0.3 is 9.47 Å². The minimum Gasteiger partial charge on any atom is -0.374 e. The molecule has 2 aliphatic heterocycles. The number of rotatable bonds is 0. The van der Waals surface area contributed by atoms with Gasteiger partial charge in [-0.15, -0.1) is 0 Å². The van der Waals surface area contributed by atoms with Crippen molar-refractivity contribution in [1.29, 1.82) is 0 Å². The minimum absolute atomic E-state index is 0.0226. The first-order chi connectivity index (χ1) is 7.44. The highest BCUT2D eigenvalue weighted by molar-refractivity contribution is 5.03. The normalized spacial score (nSPS) is 48.2. The third-order valence-corrected chi connectivity index (χ3v) is 3.66. The van der Waals surface area contributed by atoms with E-state index in [1.165, 1.54) is 0 Å². The molecule has 2 aliphatic rings. The molecular weight excluding hydrogens is 202 g/mol. The summed E-state index contributed by atoms with van der Waals surface area (Å²) < 4.78 is 11.9. The fourth-order valence-corrected chi connectivity index (χ4v) is 3.26. The zero-order valence-electron chi connectivity index (χ0n) is 11.8. The fourth-order valence-electron chi connectivity index (χ4n) is 3.26. The Morgan fingerprint density at radius 1 is 1.19 bits per heavy atom. The second-order valence-corrected chi connectivity index (χ2v) is 5.00. The molecule has 0 bridgehead atoms. The average Bonchev–Trinajstić information content (AvgIpc) is 2.39. The topological polar surface area (TPSA) is 21.7 Å². The third-order valence-electron chi connectivity index (χ3n) is 3.66. The van der Waals surface area contributed by atoms with Crippen molar-refractivity contribution in [2.45, 2.75) is 78.0 Å². The van der Waals surface area contributed by atoms with Gasteiger partial charge >= 0.3 is 0 Å². The Labute approximate surface area is 100 Å². The van der Waals surface area contributed by atoms with Crippen LogP contribution in [-0.2, 0) is 9.47 Å². The van der Waals surface area contributed by atoms with E-state index >= 15 is 0 Å². The summed E-state index contributed by atoms with van der Waals surface area (Å²) in [5.74, 6) is 0. The van der Waals surface area contributed by atoms with E-state index in [0.717, 1.165) is 6.42 Å². The molecule has 2 fully saturated rings. The van der Waals surface area contributed by atoms with Crippen LogP contribution in [0.4, 0.5) is 0 Å². The van der Waals surface area contributed by atoms with Crippen molar-refractivity contribution in [2.24, 2.45) is 0 Å². The van der Waals surface area contributed by atoms with Crippen molar-refractivity contribution in [3.8, 4) is 0 Å². The summed E-state index contributed by atoms with van der Waals surface area (Å²) in [6.07, 6.45) is 1.78. The summed E-state index contributed by atoms with van der Waals surface area (Å²) in [6, 6.07) is 0.397. The predicted molar refractivity (Wildman–Crippen MR) is 66.5 cm³/mol. The lowest BCUT2D eigenvalue weighted by molar-refractivity contribution is -0.139. The molecule has 2 heterocycles. The van der Waals surface area contributed by atoms with Crippen LogP contribution in [0.3, 0.4) is 0 Å². The predicted octanol–water partition coefficient (Wildman–Crippen LogP) is 2.65. The van der Waals surface area contributed by atoms with E-state index in [1.54, 1.807) is 0 Å². The van der Waals surface area contributed by atoms with E-state index in [1.807, 2.05) is 13.8 Å². The quantitative estimate of drug-likeness (QED) is 0.637. The van der Waals surface area contributed by atoms with Crippen molar-refractivity contribution in [2.75, 3.05) is 7.05 Å². The molecule has 2 rings (SSSR count). The van der Waals surface area contributed by atoms with E-state index in [4.69, 9.17) is 9.47 Å². The van der Waals surface area contributed by atoms with Crippen LogP contribution in [-0.4, -0.2) is 42.0 Å². The molecule has 0 spiro atoms. The highest BCUT2D eigenvalue weighted by atomic mass is 16.6. The molecule has 0 aliphatic carbocycles. The first-order valence-corrected chi connectivity index (χ1v) is 6.49. The second-order valence-electron chi connectivity index (χ2n) is 5.00. The van der Waals surface area contributed by atoms with Gasteiger partial charge in [0.05, 0.1) is 23.9 Å². The Hall–Kier alpha value is -0.120. The van der Waals surface area contributed by atoms with Gasteiger partial charge in [-0.2, -0.15) is 0 Å². The Kier molecular flexibility index (Phi) is 4.38. The van der Waals surface area contributed by atoms with E-state index in [9.17, 15) is 0 Å². The Balaban J connectivity index is 0.000000606. The van der Waals surface area contributed by atoms with Gasteiger partial charge in [-0.3, -0.25) is 4.90 Å². The Morgan fingerprint density at radius 2 is 1.75 bits per heavy atom. The van der Waals surface area contributed by atoms with Crippen LogP contribution in [0.15, 0.2) is 0 Å². The number of hydrogen-bond acceptors (Lipinski definition) is 3. The minimum atomic E-state index is -0.0226. The lowest BCUT2D eigenvalue weighted by atomic mass is 9.84. The average molecular weight is 229 g/mol. The van der Waals surface area contributed by atoms with Crippen LogP contribution in [0.2, 0.25) is 0 Å². The van der Waals surface area contributed by atoms with Gasteiger partial charge in [0.1, 0.15) is 6.23 Å². The van der Waals surface area contributed by atoms with E-state index < -0.39 is 0 Å². The zero-order chi connectivity index (χ0) is 12.5. The van der Waals surface area contributed by atoms with E-state index in [0.29, 0.717) is 12.1 Å². The highest BCUT2D eigenvalue weighted by Crippen LogP contribution is 2.41. The molecule has 3 heteroatoms. The van der Waals surface area contributed by atoms with Gasteiger partial charge in [0.25, 0.3) is 0 Å². The number of fused-ring (bicyclic) bond motifs is 1. The van der Waals surface area contributed by atoms with Crippen molar-refractivity contribution in [1.82, 2.24) is 4.90 Å². The van der Waals surface area contributed by atoms with Crippen molar-refractivity contribution in [3.63, 3.8) is 0 Å². The molecule has 3 nitrogen and oxygen atoms in total. The van der Waals surface area contributed by atoms with Crippen molar-refractivity contribution >= 4 is 0 Å². The summed E-state index contributed by atoms with van der Waals surface area (Å²) in [4.78, 5) is 2.29. The molecule has 16 heavy (non-hydrogen) atoms. The lowest BCUT2D eigenvalue weighted by Gasteiger charge is -2.43. The zero-order valence-corrected chi connectivity index (χ0v) is 11.8. The number of ether oxygens (including phenoxy) is 2. The first kappa shape index (κ1) is 13.9. The summed E-state index contributed by atoms with van der Waals surface area (Å²) in [5.41, 5.74) is -0.0226. The maximum Gasteiger partial charge on any atom is 0.108 e. The maximum absolute atomic E-state index is 6.05. The first-order valence-electron chi connectivity index (χ1n) is 6.49. The molecule has 5 unspecified atom stereocenters. The van der Waals surface area contributed by atoms with E-state index in [2.05, 4.69) is 39.6 Å². The largest absolute Gasteiger partial charge is 0.374 e. The standard InChI is InChI=1S/C11H21NO2.C2H6/c1-7-6-11(4)10(8(2)13-7)12(5)9(3)14-11;1-2/h7-10H,6H2,1-5H3;1-2H3. The lowest BCUT2D eigenvalue weighted by Crippen LogP contribution is -2.56. The van der Waals surface area contributed by atoms with Crippen molar-refractivity contribution in [3.05, 3.63) is 0 Å². The molecule has 0 radical (unpaired) electrons. The van der Waals surface area contributed by atoms with Crippen LogP contribution in [0.5, 0.6) is 0 Å².